The van der Waals surface area contributed by atoms with Gasteiger partial charge in [-0.2, -0.15) is 4.98 Å². The standard InChI is InChI=1S/C13H13Cl2N5O/c14-9-4-1-7(5-10(9)15)6-20(8-2-3-8)12(21)11-17-13(16)19-18-11/h1,4-5,8H,2-3,6H2,(H3,16,17,18,19). The minimum absolute atomic E-state index is 0.0589. The van der Waals surface area contributed by atoms with Crippen molar-refractivity contribution in [3.8, 4) is 0 Å². The normalized spacial score (nSPS) is 14.2. The first kappa shape index (κ1) is 14.2. The minimum Gasteiger partial charge on any atom is -0.366 e. The van der Waals surface area contributed by atoms with Gasteiger partial charge in [-0.25, -0.2) is 0 Å². The van der Waals surface area contributed by atoms with Gasteiger partial charge in [0.05, 0.1) is 10.0 Å². The number of nitrogens with two attached hydrogens (primary N) is 1. The number of nitrogens with one attached hydrogen (secondary N) is 1. The largest absolute Gasteiger partial charge is 0.366 e. The van der Waals surface area contributed by atoms with Gasteiger partial charge in [-0.1, -0.05) is 29.3 Å². The Kier molecular flexibility index (Phi) is 3.73. The molecule has 0 unspecified atom stereocenters. The predicted octanol–water partition coefficient (Wildman–Crippen LogP) is 2.50. The minimum atomic E-state index is -0.215. The summed E-state index contributed by atoms with van der Waals surface area (Å²) < 4.78 is 0. The quantitative estimate of drug-likeness (QED) is 0.903. The Labute approximate surface area is 131 Å². The van der Waals surface area contributed by atoms with E-state index in [1.54, 1.807) is 17.0 Å². The lowest BCUT2D eigenvalue weighted by atomic mass is 10.2. The van der Waals surface area contributed by atoms with Gasteiger partial charge in [0.1, 0.15) is 0 Å². The Morgan fingerprint density at radius 1 is 1.38 bits per heavy atom. The van der Waals surface area contributed by atoms with Crippen molar-refractivity contribution in [1.29, 1.82) is 0 Å². The van der Waals surface area contributed by atoms with Gasteiger partial charge in [-0.05, 0) is 30.5 Å². The molecule has 0 saturated heterocycles. The molecule has 0 spiro atoms. The molecule has 8 heteroatoms. The Bertz CT molecular complexity index is 683. The van der Waals surface area contributed by atoms with Gasteiger partial charge >= 0.3 is 0 Å². The van der Waals surface area contributed by atoms with Crippen LogP contribution in [0.3, 0.4) is 0 Å². The Balaban J connectivity index is 1.81. The molecule has 1 aliphatic carbocycles. The van der Waals surface area contributed by atoms with E-state index in [1.807, 2.05) is 6.07 Å². The summed E-state index contributed by atoms with van der Waals surface area (Å²) in [6.45, 7) is 0.445. The Morgan fingerprint density at radius 3 is 2.71 bits per heavy atom. The average molecular weight is 326 g/mol. The summed E-state index contributed by atoms with van der Waals surface area (Å²) >= 11 is 11.9. The first-order valence-corrected chi connectivity index (χ1v) is 7.23. The number of rotatable bonds is 4. The highest BCUT2D eigenvalue weighted by Gasteiger charge is 2.34. The molecule has 1 aromatic heterocycles. The third-order valence-corrected chi connectivity index (χ3v) is 4.03. The molecule has 0 radical (unpaired) electrons. The maximum absolute atomic E-state index is 12.5. The molecular formula is C13H13Cl2N5O. The van der Waals surface area contributed by atoms with Crippen molar-refractivity contribution in [1.82, 2.24) is 20.1 Å². The van der Waals surface area contributed by atoms with Gasteiger partial charge < -0.3 is 10.6 Å². The number of hydrogen-bond donors (Lipinski definition) is 2. The van der Waals surface area contributed by atoms with Gasteiger partial charge in [-0.3, -0.25) is 9.89 Å². The fourth-order valence-electron chi connectivity index (χ4n) is 2.09. The zero-order valence-electron chi connectivity index (χ0n) is 11.0. The number of amides is 1. The van der Waals surface area contributed by atoms with E-state index in [9.17, 15) is 4.79 Å². The maximum Gasteiger partial charge on any atom is 0.291 e. The molecule has 1 saturated carbocycles. The van der Waals surface area contributed by atoms with Crippen molar-refractivity contribution in [2.45, 2.75) is 25.4 Å². The van der Waals surface area contributed by atoms with Crippen LogP contribution in [-0.4, -0.2) is 32.0 Å². The number of carbonyl (C=O) groups is 1. The molecule has 0 bridgehead atoms. The van der Waals surface area contributed by atoms with E-state index in [0.29, 0.717) is 16.6 Å². The average Bonchev–Trinajstić information content (AvgIpc) is 3.20. The second-order valence-electron chi connectivity index (χ2n) is 4.95. The lowest BCUT2D eigenvalue weighted by molar-refractivity contribution is 0.0718. The highest BCUT2D eigenvalue weighted by Crippen LogP contribution is 2.30. The van der Waals surface area contributed by atoms with Crippen molar-refractivity contribution in [2.75, 3.05) is 5.73 Å². The molecule has 21 heavy (non-hydrogen) atoms. The van der Waals surface area contributed by atoms with Crippen LogP contribution in [0.1, 0.15) is 29.0 Å². The molecule has 1 fully saturated rings. The number of aromatic nitrogens is 3. The number of H-pyrrole nitrogens is 1. The lowest BCUT2D eigenvalue weighted by Gasteiger charge is -2.21. The zero-order valence-corrected chi connectivity index (χ0v) is 12.5. The molecule has 6 nitrogen and oxygen atoms in total. The fourth-order valence-corrected chi connectivity index (χ4v) is 2.41. The van der Waals surface area contributed by atoms with E-state index in [0.717, 1.165) is 18.4 Å². The zero-order chi connectivity index (χ0) is 15.0. The molecule has 3 rings (SSSR count). The molecule has 3 N–H and O–H groups in total. The topological polar surface area (TPSA) is 87.9 Å². The summed E-state index contributed by atoms with van der Waals surface area (Å²) in [7, 11) is 0. The van der Waals surface area contributed by atoms with Crippen LogP contribution >= 0.6 is 23.2 Å². The van der Waals surface area contributed by atoms with Crippen molar-refractivity contribution < 1.29 is 4.79 Å². The van der Waals surface area contributed by atoms with Crippen LogP contribution in [0, 0.1) is 0 Å². The Morgan fingerprint density at radius 2 is 2.14 bits per heavy atom. The number of hydrogen-bond acceptors (Lipinski definition) is 4. The van der Waals surface area contributed by atoms with E-state index >= 15 is 0 Å². The van der Waals surface area contributed by atoms with E-state index in [1.165, 1.54) is 0 Å². The number of halogens is 2. The summed E-state index contributed by atoms with van der Waals surface area (Å²) in [5.41, 5.74) is 6.36. The molecular weight excluding hydrogens is 313 g/mol. The van der Waals surface area contributed by atoms with Gasteiger partial charge in [-0.15, -0.1) is 5.10 Å². The number of aromatic amines is 1. The fraction of sp³-hybridized carbons (Fsp3) is 0.308. The first-order valence-electron chi connectivity index (χ1n) is 6.47. The van der Waals surface area contributed by atoms with E-state index in [4.69, 9.17) is 28.9 Å². The highest BCUT2D eigenvalue weighted by atomic mass is 35.5. The van der Waals surface area contributed by atoms with Crippen LogP contribution in [0.15, 0.2) is 18.2 Å². The maximum atomic E-state index is 12.5. The molecule has 0 aliphatic heterocycles. The Hall–Kier alpha value is -1.79. The SMILES string of the molecule is Nc1n[nH]c(C(=O)N(Cc2ccc(Cl)c(Cl)c2)C2CC2)n1. The number of nitrogens with zero attached hydrogens (tertiary/aromatic N) is 3. The number of carbonyl (C=O) groups excluding carboxylic acids is 1. The molecule has 2 aromatic rings. The summed E-state index contributed by atoms with van der Waals surface area (Å²) in [4.78, 5) is 18.1. The third kappa shape index (κ3) is 3.11. The van der Waals surface area contributed by atoms with Gasteiger partial charge in [0.15, 0.2) is 0 Å². The molecule has 1 amide bonds. The summed E-state index contributed by atoms with van der Waals surface area (Å²) in [6.07, 6.45) is 1.97. The van der Waals surface area contributed by atoms with Crippen LogP contribution in [0.5, 0.6) is 0 Å². The monoisotopic (exact) mass is 325 g/mol. The van der Waals surface area contributed by atoms with Crippen LogP contribution in [0.4, 0.5) is 5.95 Å². The summed E-state index contributed by atoms with van der Waals surface area (Å²) in [5.74, 6) is -0.00383. The second-order valence-corrected chi connectivity index (χ2v) is 5.77. The first-order chi connectivity index (χ1) is 10.0. The smallest absolute Gasteiger partial charge is 0.291 e. The van der Waals surface area contributed by atoms with Gasteiger partial charge in [0.25, 0.3) is 5.91 Å². The van der Waals surface area contributed by atoms with Crippen LogP contribution < -0.4 is 5.73 Å². The van der Waals surface area contributed by atoms with Crippen LogP contribution in [-0.2, 0) is 6.54 Å². The number of nitrogen functional groups attached to an aromatic ring is 1. The summed E-state index contributed by atoms with van der Waals surface area (Å²) in [5, 5.41) is 7.20. The van der Waals surface area contributed by atoms with Crippen molar-refractivity contribution in [3.63, 3.8) is 0 Å². The second kappa shape index (κ2) is 5.54. The van der Waals surface area contributed by atoms with Crippen molar-refractivity contribution in [3.05, 3.63) is 39.6 Å². The molecule has 0 atom stereocenters. The van der Waals surface area contributed by atoms with Crippen LogP contribution in [0.2, 0.25) is 10.0 Å². The van der Waals surface area contributed by atoms with Crippen molar-refractivity contribution in [2.24, 2.45) is 0 Å². The van der Waals surface area contributed by atoms with Crippen molar-refractivity contribution >= 4 is 35.1 Å². The lowest BCUT2D eigenvalue weighted by Crippen LogP contribution is -2.33. The highest BCUT2D eigenvalue weighted by molar-refractivity contribution is 6.42. The van der Waals surface area contributed by atoms with Gasteiger partial charge in [0.2, 0.25) is 11.8 Å². The van der Waals surface area contributed by atoms with E-state index in [2.05, 4.69) is 15.2 Å². The summed E-state index contributed by atoms with van der Waals surface area (Å²) in [6, 6.07) is 5.56. The van der Waals surface area contributed by atoms with Gasteiger partial charge in [0, 0.05) is 12.6 Å². The third-order valence-electron chi connectivity index (χ3n) is 3.29. The number of anilines is 1. The number of benzene rings is 1. The van der Waals surface area contributed by atoms with E-state index in [-0.39, 0.29) is 23.7 Å². The van der Waals surface area contributed by atoms with Crippen LogP contribution in [0.25, 0.3) is 0 Å². The predicted molar refractivity (Wildman–Crippen MR) is 80.2 cm³/mol. The van der Waals surface area contributed by atoms with E-state index < -0.39 is 0 Å². The molecule has 1 heterocycles. The molecule has 1 aliphatic rings. The molecule has 1 aromatic carbocycles. The molecule has 110 valence electrons.